The average Bonchev–Trinajstić information content (AvgIpc) is 2.33. The largest absolute Gasteiger partial charge is 0.508 e. The van der Waals surface area contributed by atoms with Gasteiger partial charge in [0.05, 0.1) is 0 Å². The summed E-state index contributed by atoms with van der Waals surface area (Å²) in [5.74, 6) is 0.473. The molecule has 1 aromatic carbocycles. The maximum absolute atomic E-state index is 9.81. The molecular formula is C16H26O. The molecule has 0 unspecified atom stereocenters. The van der Waals surface area contributed by atoms with Gasteiger partial charge in [-0.15, -0.1) is 0 Å². The molecule has 0 atom stereocenters. The molecule has 0 spiro atoms. The maximum atomic E-state index is 9.81. The lowest BCUT2D eigenvalue weighted by Gasteiger charge is -2.07. The lowest BCUT2D eigenvalue weighted by Crippen LogP contribution is -1.91. The smallest absolute Gasteiger partial charge is 0.118 e. The molecule has 1 rings (SSSR count). The second-order valence-electron chi connectivity index (χ2n) is 4.88. The van der Waals surface area contributed by atoms with Gasteiger partial charge in [-0.1, -0.05) is 58.1 Å². The Labute approximate surface area is 106 Å². The van der Waals surface area contributed by atoms with E-state index in [2.05, 4.69) is 19.9 Å². The van der Waals surface area contributed by atoms with E-state index in [4.69, 9.17) is 0 Å². The minimum absolute atomic E-state index is 0.473. The van der Waals surface area contributed by atoms with E-state index in [1.165, 1.54) is 44.1 Å². The van der Waals surface area contributed by atoms with Crippen LogP contribution < -0.4 is 0 Å². The molecule has 0 heterocycles. The van der Waals surface area contributed by atoms with Crippen molar-refractivity contribution < 1.29 is 5.11 Å². The van der Waals surface area contributed by atoms with Crippen molar-refractivity contribution in [3.8, 4) is 5.75 Å². The van der Waals surface area contributed by atoms with Gasteiger partial charge in [0, 0.05) is 0 Å². The zero-order valence-corrected chi connectivity index (χ0v) is 11.3. The standard InChI is InChI=1S/C16H26O/c1-3-5-6-7-8-10-15-13-14(9-4-2)11-12-16(15)17/h11-13,17H,3-10H2,1-2H3. The molecule has 1 heteroatoms. The minimum Gasteiger partial charge on any atom is -0.508 e. The quantitative estimate of drug-likeness (QED) is 0.637. The number of phenols is 1. The number of rotatable bonds is 8. The van der Waals surface area contributed by atoms with Crippen LogP contribution in [0.25, 0.3) is 0 Å². The Balaban J connectivity index is 2.42. The highest BCUT2D eigenvalue weighted by molar-refractivity contribution is 5.36. The summed E-state index contributed by atoms with van der Waals surface area (Å²) < 4.78 is 0. The summed E-state index contributed by atoms with van der Waals surface area (Å²) in [6.07, 6.45) is 9.73. The monoisotopic (exact) mass is 234 g/mol. The van der Waals surface area contributed by atoms with E-state index in [1.54, 1.807) is 0 Å². The fraction of sp³-hybridized carbons (Fsp3) is 0.625. The normalized spacial score (nSPS) is 10.7. The maximum Gasteiger partial charge on any atom is 0.118 e. The number of hydrogen-bond donors (Lipinski definition) is 1. The van der Waals surface area contributed by atoms with Crippen LogP contribution in [0.5, 0.6) is 5.75 Å². The molecule has 0 saturated heterocycles. The van der Waals surface area contributed by atoms with Gasteiger partial charge in [0.15, 0.2) is 0 Å². The van der Waals surface area contributed by atoms with Crippen molar-refractivity contribution in [2.75, 3.05) is 0 Å². The van der Waals surface area contributed by atoms with Crippen molar-refractivity contribution in [3.05, 3.63) is 29.3 Å². The van der Waals surface area contributed by atoms with E-state index in [0.717, 1.165) is 18.4 Å². The fourth-order valence-electron chi connectivity index (χ4n) is 2.20. The molecule has 96 valence electrons. The number of hydrogen-bond acceptors (Lipinski definition) is 1. The molecule has 0 saturated carbocycles. The van der Waals surface area contributed by atoms with Crippen LogP contribution in [-0.2, 0) is 12.8 Å². The summed E-state index contributed by atoms with van der Waals surface area (Å²) in [4.78, 5) is 0. The molecule has 0 aliphatic heterocycles. The SMILES string of the molecule is CCCCCCCc1cc(CCC)ccc1O. The number of aryl methyl sites for hydroxylation is 2. The Bertz CT molecular complexity index is 317. The number of aromatic hydroxyl groups is 1. The van der Waals surface area contributed by atoms with Crippen LogP contribution in [0.4, 0.5) is 0 Å². The Kier molecular flexibility index (Phi) is 6.76. The third-order valence-electron chi connectivity index (χ3n) is 3.23. The van der Waals surface area contributed by atoms with Crippen LogP contribution in [-0.4, -0.2) is 5.11 Å². The summed E-state index contributed by atoms with van der Waals surface area (Å²) in [5, 5.41) is 9.81. The third kappa shape index (κ3) is 5.25. The van der Waals surface area contributed by atoms with E-state index in [0.29, 0.717) is 5.75 Å². The molecule has 17 heavy (non-hydrogen) atoms. The number of benzene rings is 1. The summed E-state index contributed by atoms with van der Waals surface area (Å²) >= 11 is 0. The summed E-state index contributed by atoms with van der Waals surface area (Å²) in [7, 11) is 0. The molecule has 0 fully saturated rings. The lowest BCUT2D eigenvalue weighted by atomic mass is 10.0. The summed E-state index contributed by atoms with van der Waals surface area (Å²) in [5.41, 5.74) is 2.49. The molecule has 1 aromatic rings. The third-order valence-corrected chi connectivity index (χ3v) is 3.23. The van der Waals surface area contributed by atoms with E-state index < -0.39 is 0 Å². The Morgan fingerprint density at radius 1 is 0.882 bits per heavy atom. The Morgan fingerprint density at radius 2 is 1.65 bits per heavy atom. The van der Waals surface area contributed by atoms with Crippen LogP contribution >= 0.6 is 0 Å². The van der Waals surface area contributed by atoms with E-state index in [-0.39, 0.29) is 0 Å². The van der Waals surface area contributed by atoms with Gasteiger partial charge in [-0.05, 0) is 36.5 Å². The summed E-state index contributed by atoms with van der Waals surface area (Å²) in [6, 6.07) is 6.07. The van der Waals surface area contributed by atoms with Crippen molar-refractivity contribution >= 4 is 0 Å². The van der Waals surface area contributed by atoms with Crippen molar-refractivity contribution in [2.24, 2.45) is 0 Å². The van der Waals surface area contributed by atoms with E-state index >= 15 is 0 Å². The molecule has 0 bridgehead atoms. The Morgan fingerprint density at radius 3 is 2.35 bits per heavy atom. The van der Waals surface area contributed by atoms with Crippen LogP contribution in [0.1, 0.15) is 63.5 Å². The first kappa shape index (κ1) is 14.1. The number of unbranched alkanes of at least 4 members (excludes halogenated alkanes) is 4. The van der Waals surface area contributed by atoms with Crippen LogP contribution in [0.2, 0.25) is 0 Å². The van der Waals surface area contributed by atoms with Gasteiger partial charge >= 0.3 is 0 Å². The number of phenolic OH excluding ortho intramolecular Hbond substituents is 1. The van der Waals surface area contributed by atoms with Crippen molar-refractivity contribution in [1.82, 2.24) is 0 Å². The van der Waals surface area contributed by atoms with Crippen molar-refractivity contribution in [3.63, 3.8) is 0 Å². The second-order valence-corrected chi connectivity index (χ2v) is 4.88. The van der Waals surface area contributed by atoms with Gasteiger partial charge in [0.25, 0.3) is 0 Å². The molecular weight excluding hydrogens is 208 g/mol. The fourth-order valence-corrected chi connectivity index (χ4v) is 2.20. The lowest BCUT2D eigenvalue weighted by molar-refractivity contribution is 0.465. The zero-order chi connectivity index (χ0) is 12.5. The van der Waals surface area contributed by atoms with Crippen LogP contribution in [0, 0.1) is 0 Å². The summed E-state index contributed by atoms with van der Waals surface area (Å²) in [6.45, 7) is 4.43. The van der Waals surface area contributed by atoms with Crippen molar-refractivity contribution in [2.45, 2.75) is 65.2 Å². The highest BCUT2D eigenvalue weighted by Gasteiger charge is 2.02. The molecule has 0 aromatic heterocycles. The van der Waals surface area contributed by atoms with E-state index in [9.17, 15) is 5.11 Å². The molecule has 0 radical (unpaired) electrons. The van der Waals surface area contributed by atoms with Crippen LogP contribution in [0.3, 0.4) is 0 Å². The molecule has 0 aliphatic rings. The molecule has 0 amide bonds. The topological polar surface area (TPSA) is 20.2 Å². The van der Waals surface area contributed by atoms with Gasteiger partial charge < -0.3 is 5.11 Å². The predicted molar refractivity (Wildman–Crippen MR) is 74.6 cm³/mol. The van der Waals surface area contributed by atoms with Gasteiger partial charge in [-0.2, -0.15) is 0 Å². The van der Waals surface area contributed by atoms with Gasteiger partial charge in [-0.3, -0.25) is 0 Å². The first-order valence-electron chi connectivity index (χ1n) is 7.08. The first-order valence-corrected chi connectivity index (χ1v) is 7.08. The van der Waals surface area contributed by atoms with Gasteiger partial charge in [0.2, 0.25) is 0 Å². The van der Waals surface area contributed by atoms with Crippen LogP contribution in [0.15, 0.2) is 18.2 Å². The first-order chi connectivity index (χ1) is 8.27. The highest BCUT2D eigenvalue weighted by Crippen LogP contribution is 2.21. The van der Waals surface area contributed by atoms with Gasteiger partial charge in [0.1, 0.15) is 5.75 Å². The average molecular weight is 234 g/mol. The zero-order valence-electron chi connectivity index (χ0n) is 11.3. The van der Waals surface area contributed by atoms with Crippen molar-refractivity contribution in [1.29, 1.82) is 0 Å². The van der Waals surface area contributed by atoms with Gasteiger partial charge in [-0.25, -0.2) is 0 Å². The molecule has 0 aliphatic carbocycles. The Hall–Kier alpha value is -0.980. The highest BCUT2D eigenvalue weighted by atomic mass is 16.3. The minimum atomic E-state index is 0.473. The predicted octanol–water partition coefficient (Wildman–Crippen LogP) is 4.86. The molecule has 1 N–H and O–H groups in total. The second kappa shape index (κ2) is 8.16. The van der Waals surface area contributed by atoms with E-state index in [1.807, 2.05) is 12.1 Å². The molecule has 1 nitrogen and oxygen atoms in total.